The molecule has 0 aliphatic heterocycles. The molecule has 1 saturated carbocycles. The molecule has 6 heteroatoms. The molecule has 2 rings (SSSR count). The van der Waals surface area contributed by atoms with Crippen LogP contribution in [0, 0.1) is 0 Å². The molecule has 5 nitrogen and oxygen atoms in total. The van der Waals surface area contributed by atoms with Crippen LogP contribution in [0.1, 0.15) is 24.8 Å². The number of ether oxygens (including phenoxy) is 1. The molecule has 0 radical (unpaired) electrons. The van der Waals surface area contributed by atoms with Gasteiger partial charge in [-0.15, -0.1) is 0 Å². The minimum Gasteiger partial charge on any atom is -0.480 e. The summed E-state index contributed by atoms with van der Waals surface area (Å²) in [6, 6.07) is 7.84. The molecule has 0 spiro atoms. The lowest BCUT2D eigenvalue weighted by molar-refractivity contribution is -0.142. The van der Waals surface area contributed by atoms with E-state index in [9.17, 15) is 9.59 Å². The first kappa shape index (κ1) is 16.0. The van der Waals surface area contributed by atoms with Gasteiger partial charge in [-0.1, -0.05) is 34.5 Å². The van der Waals surface area contributed by atoms with Crippen LogP contribution < -0.4 is 5.32 Å². The van der Waals surface area contributed by atoms with Gasteiger partial charge >= 0.3 is 5.97 Å². The number of carboxylic acid groups (broad SMARTS) is 1. The zero-order valence-corrected chi connectivity index (χ0v) is 13.2. The summed E-state index contributed by atoms with van der Waals surface area (Å²) in [4.78, 5) is 22.7. The Labute approximate surface area is 131 Å². The van der Waals surface area contributed by atoms with E-state index in [1.165, 1.54) is 0 Å². The van der Waals surface area contributed by atoms with E-state index in [1.54, 1.807) is 0 Å². The molecule has 1 aliphatic carbocycles. The third-order valence-corrected chi connectivity index (χ3v) is 4.32. The number of hydrogen-bond acceptors (Lipinski definition) is 3. The Morgan fingerprint density at radius 2 is 1.95 bits per heavy atom. The van der Waals surface area contributed by atoms with Crippen LogP contribution in [0.15, 0.2) is 28.7 Å². The first-order valence-electron chi connectivity index (χ1n) is 6.88. The van der Waals surface area contributed by atoms with Gasteiger partial charge in [0.05, 0.1) is 12.0 Å². The number of carbonyl (C=O) groups is 2. The summed E-state index contributed by atoms with van der Waals surface area (Å²) in [6.07, 6.45) is 2.73. The van der Waals surface area contributed by atoms with Gasteiger partial charge in [-0.25, -0.2) is 4.79 Å². The van der Waals surface area contributed by atoms with Crippen molar-refractivity contribution in [3.8, 4) is 0 Å². The van der Waals surface area contributed by atoms with Crippen molar-refractivity contribution in [1.29, 1.82) is 0 Å². The van der Waals surface area contributed by atoms with E-state index in [0.29, 0.717) is 6.54 Å². The van der Waals surface area contributed by atoms with Gasteiger partial charge in [-0.05, 0) is 30.5 Å². The number of carbonyl (C=O) groups excluding carboxylic acids is 1. The number of hydrogen-bond donors (Lipinski definition) is 2. The number of nitrogens with one attached hydrogen (secondary N) is 1. The average molecular weight is 356 g/mol. The number of halogens is 1. The highest BCUT2D eigenvalue weighted by molar-refractivity contribution is 9.10. The van der Waals surface area contributed by atoms with Crippen LogP contribution >= 0.6 is 15.9 Å². The molecule has 114 valence electrons. The minimum atomic E-state index is -1.01. The largest absolute Gasteiger partial charge is 0.480 e. The first-order chi connectivity index (χ1) is 10.0. The van der Waals surface area contributed by atoms with Crippen LogP contribution in [-0.4, -0.2) is 36.7 Å². The Morgan fingerprint density at radius 1 is 1.29 bits per heavy atom. The molecule has 0 unspecified atom stereocenters. The van der Waals surface area contributed by atoms with Crippen molar-refractivity contribution in [3.05, 3.63) is 34.3 Å². The fourth-order valence-corrected chi connectivity index (χ4v) is 2.78. The zero-order valence-electron chi connectivity index (χ0n) is 11.6. The molecule has 2 N–H and O–H groups in total. The maximum Gasteiger partial charge on any atom is 0.329 e. The van der Waals surface area contributed by atoms with Crippen molar-refractivity contribution in [3.63, 3.8) is 0 Å². The van der Waals surface area contributed by atoms with Crippen molar-refractivity contribution in [2.75, 3.05) is 19.8 Å². The predicted octanol–water partition coefficient (Wildman–Crippen LogP) is 2.09. The molecule has 0 bridgehead atoms. The molecular weight excluding hydrogens is 338 g/mol. The molecule has 21 heavy (non-hydrogen) atoms. The molecular formula is C15H18BrNO4. The minimum absolute atomic E-state index is 0.00463. The second-order valence-corrected chi connectivity index (χ2v) is 6.06. The van der Waals surface area contributed by atoms with E-state index in [1.807, 2.05) is 24.3 Å². The molecule has 1 aromatic carbocycles. The molecule has 1 aromatic rings. The molecule has 1 aliphatic rings. The number of aliphatic carboxylic acids is 1. The van der Waals surface area contributed by atoms with Gasteiger partial charge in [0.1, 0.15) is 6.61 Å². The smallest absolute Gasteiger partial charge is 0.329 e. The Balaban J connectivity index is 1.89. The van der Waals surface area contributed by atoms with Gasteiger partial charge in [0, 0.05) is 11.0 Å². The van der Waals surface area contributed by atoms with Crippen LogP contribution in [0.4, 0.5) is 0 Å². The van der Waals surface area contributed by atoms with E-state index in [0.717, 1.165) is 29.3 Å². The van der Waals surface area contributed by atoms with E-state index in [2.05, 4.69) is 21.2 Å². The highest BCUT2D eigenvalue weighted by Crippen LogP contribution is 2.44. The highest BCUT2D eigenvalue weighted by atomic mass is 79.9. The van der Waals surface area contributed by atoms with Crippen molar-refractivity contribution in [2.24, 2.45) is 0 Å². The van der Waals surface area contributed by atoms with Crippen LogP contribution in [0.25, 0.3) is 0 Å². The van der Waals surface area contributed by atoms with Gasteiger partial charge in [-0.3, -0.25) is 4.79 Å². The number of carboxylic acids is 1. The quantitative estimate of drug-likeness (QED) is 0.734. The average Bonchev–Trinajstić information content (AvgIpc) is 2.39. The molecule has 0 saturated heterocycles. The zero-order chi connectivity index (χ0) is 15.3. The van der Waals surface area contributed by atoms with Crippen molar-refractivity contribution < 1.29 is 19.4 Å². The predicted molar refractivity (Wildman–Crippen MR) is 81.1 cm³/mol. The number of rotatable bonds is 7. The summed E-state index contributed by atoms with van der Waals surface area (Å²) >= 11 is 3.39. The summed E-state index contributed by atoms with van der Waals surface area (Å²) in [5.74, 6) is -1.01. The first-order valence-corrected chi connectivity index (χ1v) is 7.68. The van der Waals surface area contributed by atoms with Gasteiger partial charge in [0.15, 0.2) is 0 Å². The summed E-state index contributed by atoms with van der Waals surface area (Å²) in [5, 5.41) is 11.3. The number of amides is 1. The fourth-order valence-electron chi connectivity index (χ4n) is 2.51. The monoisotopic (exact) mass is 355 g/mol. The Kier molecular flexibility index (Phi) is 5.36. The van der Waals surface area contributed by atoms with E-state index < -0.39 is 11.4 Å². The van der Waals surface area contributed by atoms with Crippen molar-refractivity contribution in [2.45, 2.75) is 24.7 Å². The maximum absolute atomic E-state index is 12.4. The molecule has 1 fully saturated rings. The Morgan fingerprint density at radius 3 is 2.48 bits per heavy atom. The SMILES string of the molecule is O=C(O)COCCNC(=O)C1(c2ccc(Br)cc2)CCC1. The van der Waals surface area contributed by atoms with Gasteiger partial charge in [0.25, 0.3) is 0 Å². The molecule has 0 heterocycles. The van der Waals surface area contributed by atoms with E-state index >= 15 is 0 Å². The molecule has 0 aromatic heterocycles. The second kappa shape index (κ2) is 7.04. The summed E-state index contributed by atoms with van der Waals surface area (Å²) < 4.78 is 5.90. The fraction of sp³-hybridized carbons (Fsp3) is 0.467. The topological polar surface area (TPSA) is 75.6 Å². The van der Waals surface area contributed by atoms with Crippen LogP contribution in [0.5, 0.6) is 0 Å². The lowest BCUT2D eigenvalue weighted by atomic mass is 9.64. The van der Waals surface area contributed by atoms with Crippen molar-refractivity contribution in [1.82, 2.24) is 5.32 Å². The third kappa shape index (κ3) is 3.83. The Hall–Kier alpha value is -1.40. The van der Waals surface area contributed by atoms with E-state index in [-0.39, 0.29) is 19.1 Å². The van der Waals surface area contributed by atoms with Crippen LogP contribution in [0.3, 0.4) is 0 Å². The third-order valence-electron chi connectivity index (χ3n) is 3.80. The lowest BCUT2D eigenvalue weighted by Crippen LogP contribution is -2.49. The maximum atomic E-state index is 12.4. The van der Waals surface area contributed by atoms with Gasteiger partial charge < -0.3 is 15.2 Å². The number of benzene rings is 1. The van der Waals surface area contributed by atoms with Crippen LogP contribution in [-0.2, 0) is 19.7 Å². The van der Waals surface area contributed by atoms with E-state index in [4.69, 9.17) is 9.84 Å². The second-order valence-electron chi connectivity index (χ2n) is 5.14. The van der Waals surface area contributed by atoms with Crippen molar-refractivity contribution >= 4 is 27.8 Å². The Bertz CT molecular complexity index is 511. The summed E-state index contributed by atoms with van der Waals surface area (Å²) in [7, 11) is 0. The normalized spacial score (nSPS) is 16.0. The lowest BCUT2D eigenvalue weighted by Gasteiger charge is -2.40. The van der Waals surface area contributed by atoms with Gasteiger partial charge in [-0.2, -0.15) is 0 Å². The molecule has 1 amide bonds. The van der Waals surface area contributed by atoms with Crippen LogP contribution in [0.2, 0.25) is 0 Å². The summed E-state index contributed by atoms with van der Waals surface area (Å²) in [6.45, 7) is 0.187. The molecule has 0 atom stereocenters. The summed E-state index contributed by atoms with van der Waals surface area (Å²) in [5.41, 5.74) is 0.592. The van der Waals surface area contributed by atoms with Gasteiger partial charge in [0.2, 0.25) is 5.91 Å². The standard InChI is InChI=1S/C15H18BrNO4/c16-12-4-2-11(3-5-12)15(6-1-7-15)14(20)17-8-9-21-10-13(18)19/h2-5H,1,6-10H2,(H,17,20)(H,18,19). The highest BCUT2D eigenvalue weighted by Gasteiger charge is 2.45.